The van der Waals surface area contributed by atoms with Crippen molar-refractivity contribution in [2.24, 2.45) is 0 Å². The SMILES string of the molecule is Cc1cc(CC(=O)O)c(C#N)cc1Br. The second kappa shape index (κ2) is 4.25. The lowest BCUT2D eigenvalue weighted by Gasteiger charge is -2.04. The van der Waals surface area contributed by atoms with Crippen molar-refractivity contribution in [1.29, 1.82) is 5.26 Å². The first-order chi connectivity index (χ1) is 6.54. The average Bonchev–Trinajstić information content (AvgIpc) is 2.10. The summed E-state index contributed by atoms with van der Waals surface area (Å²) in [6, 6.07) is 5.34. The smallest absolute Gasteiger partial charge is 0.307 e. The van der Waals surface area contributed by atoms with Crippen molar-refractivity contribution in [3.8, 4) is 6.07 Å². The molecular formula is C10H8BrNO2. The lowest BCUT2D eigenvalue weighted by atomic mass is 10.0. The van der Waals surface area contributed by atoms with E-state index in [1.807, 2.05) is 13.0 Å². The zero-order chi connectivity index (χ0) is 10.7. The Kier molecular flexibility index (Phi) is 3.26. The zero-order valence-electron chi connectivity index (χ0n) is 7.54. The Hall–Kier alpha value is -1.34. The maximum atomic E-state index is 10.5. The quantitative estimate of drug-likeness (QED) is 0.880. The molecular weight excluding hydrogens is 246 g/mol. The van der Waals surface area contributed by atoms with Crippen molar-refractivity contribution in [3.05, 3.63) is 33.3 Å². The van der Waals surface area contributed by atoms with Gasteiger partial charge in [0, 0.05) is 4.47 Å². The van der Waals surface area contributed by atoms with E-state index in [0.717, 1.165) is 10.0 Å². The van der Waals surface area contributed by atoms with Gasteiger partial charge >= 0.3 is 5.97 Å². The third kappa shape index (κ3) is 2.33. The molecule has 72 valence electrons. The number of benzene rings is 1. The Morgan fingerprint density at radius 2 is 2.29 bits per heavy atom. The van der Waals surface area contributed by atoms with Gasteiger partial charge in [-0.15, -0.1) is 0 Å². The largest absolute Gasteiger partial charge is 0.481 e. The number of halogens is 1. The van der Waals surface area contributed by atoms with Gasteiger partial charge in [0.15, 0.2) is 0 Å². The molecule has 0 saturated carbocycles. The van der Waals surface area contributed by atoms with E-state index in [2.05, 4.69) is 15.9 Å². The van der Waals surface area contributed by atoms with E-state index in [9.17, 15) is 4.79 Å². The van der Waals surface area contributed by atoms with Gasteiger partial charge in [-0.2, -0.15) is 5.26 Å². The Balaban J connectivity index is 3.22. The topological polar surface area (TPSA) is 61.1 Å². The molecule has 0 fully saturated rings. The Labute approximate surface area is 90.1 Å². The summed E-state index contributed by atoms with van der Waals surface area (Å²) < 4.78 is 0.822. The summed E-state index contributed by atoms with van der Waals surface area (Å²) >= 11 is 3.29. The third-order valence-corrected chi connectivity index (χ3v) is 2.70. The first kappa shape index (κ1) is 10.7. The van der Waals surface area contributed by atoms with E-state index >= 15 is 0 Å². The fourth-order valence-electron chi connectivity index (χ4n) is 1.15. The van der Waals surface area contributed by atoms with Crippen LogP contribution in [0.25, 0.3) is 0 Å². The fraction of sp³-hybridized carbons (Fsp3) is 0.200. The number of hydrogen-bond acceptors (Lipinski definition) is 2. The summed E-state index contributed by atoms with van der Waals surface area (Å²) in [6.07, 6.45) is -0.114. The molecule has 1 aromatic carbocycles. The fourth-order valence-corrected chi connectivity index (χ4v) is 1.50. The number of carboxylic acid groups (broad SMARTS) is 1. The maximum Gasteiger partial charge on any atom is 0.307 e. The van der Waals surface area contributed by atoms with Crippen LogP contribution in [0.4, 0.5) is 0 Å². The molecule has 0 spiro atoms. The second-order valence-electron chi connectivity index (χ2n) is 2.94. The first-order valence-electron chi connectivity index (χ1n) is 3.95. The molecule has 0 unspecified atom stereocenters. The van der Waals surface area contributed by atoms with Gasteiger partial charge in [-0.3, -0.25) is 4.79 Å². The van der Waals surface area contributed by atoms with Crippen LogP contribution in [0.5, 0.6) is 0 Å². The molecule has 1 rings (SSSR count). The van der Waals surface area contributed by atoms with Gasteiger partial charge in [0.25, 0.3) is 0 Å². The molecule has 3 nitrogen and oxygen atoms in total. The number of carbonyl (C=O) groups is 1. The van der Waals surface area contributed by atoms with Crippen LogP contribution >= 0.6 is 15.9 Å². The highest BCUT2D eigenvalue weighted by Crippen LogP contribution is 2.21. The van der Waals surface area contributed by atoms with E-state index in [1.54, 1.807) is 12.1 Å². The van der Waals surface area contributed by atoms with E-state index < -0.39 is 5.97 Å². The van der Waals surface area contributed by atoms with Crippen LogP contribution in [-0.4, -0.2) is 11.1 Å². The summed E-state index contributed by atoms with van der Waals surface area (Å²) in [7, 11) is 0. The van der Waals surface area contributed by atoms with Gasteiger partial charge in [-0.25, -0.2) is 0 Å². The number of rotatable bonds is 2. The molecule has 4 heteroatoms. The first-order valence-corrected chi connectivity index (χ1v) is 4.75. The Morgan fingerprint density at radius 3 is 2.79 bits per heavy atom. The van der Waals surface area contributed by atoms with E-state index in [4.69, 9.17) is 10.4 Å². The van der Waals surface area contributed by atoms with Crippen molar-refractivity contribution < 1.29 is 9.90 Å². The second-order valence-corrected chi connectivity index (χ2v) is 3.80. The van der Waals surface area contributed by atoms with Gasteiger partial charge in [-0.1, -0.05) is 22.0 Å². The molecule has 0 amide bonds. The molecule has 0 aliphatic heterocycles. The summed E-state index contributed by atoms with van der Waals surface area (Å²) in [6.45, 7) is 1.86. The zero-order valence-corrected chi connectivity index (χ0v) is 9.13. The van der Waals surface area contributed by atoms with Crippen LogP contribution in [0.15, 0.2) is 16.6 Å². The molecule has 1 aromatic rings. The van der Waals surface area contributed by atoms with Crippen LogP contribution < -0.4 is 0 Å². The minimum Gasteiger partial charge on any atom is -0.481 e. The molecule has 0 heterocycles. The van der Waals surface area contributed by atoms with Crippen LogP contribution in [0.3, 0.4) is 0 Å². The number of aliphatic carboxylic acids is 1. The molecule has 0 bridgehead atoms. The minimum atomic E-state index is -0.928. The van der Waals surface area contributed by atoms with E-state index in [0.29, 0.717) is 11.1 Å². The number of nitrogens with zero attached hydrogens (tertiary/aromatic N) is 1. The highest BCUT2D eigenvalue weighted by atomic mass is 79.9. The lowest BCUT2D eigenvalue weighted by Crippen LogP contribution is -2.02. The standard InChI is InChI=1S/C10H8BrNO2/c1-6-2-7(4-10(13)14)8(5-12)3-9(6)11/h2-3H,4H2,1H3,(H,13,14). The molecule has 0 aromatic heterocycles. The van der Waals surface area contributed by atoms with Crippen LogP contribution in [0.1, 0.15) is 16.7 Å². The number of carboxylic acids is 1. The van der Waals surface area contributed by atoms with Gasteiger partial charge in [-0.05, 0) is 24.1 Å². The summed E-state index contributed by atoms with van der Waals surface area (Å²) in [5.41, 5.74) is 1.89. The molecule has 14 heavy (non-hydrogen) atoms. The van der Waals surface area contributed by atoms with Crippen LogP contribution in [0.2, 0.25) is 0 Å². The average molecular weight is 254 g/mol. The molecule has 0 radical (unpaired) electrons. The van der Waals surface area contributed by atoms with Gasteiger partial charge in [0.05, 0.1) is 18.1 Å². The third-order valence-electron chi connectivity index (χ3n) is 1.85. The number of hydrogen-bond donors (Lipinski definition) is 1. The van der Waals surface area contributed by atoms with Crippen molar-refractivity contribution in [3.63, 3.8) is 0 Å². The van der Waals surface area contributed by atoms with Crippen LogP contribution in [-0.2, 0) is 11.2 Å². The van der Waals surface area contributed by atoms with E-state index in [1.165, 1.54) is 0 Å². The number of aryl methyl sites for hydroxylation is 1. The number of nitriles is 1. The highest BCUT2D eigenvalue weighted by molar-refractivity contribution is 9.10. The van der Waals surface area contributed by atoms with Crippen molar-refractivity contribution >= 4 is 21.9 Å². The normalized spacial score (nSPS) is 9.50. The maximum absolute atomic E-state index is 10.5. The summed E-state index contributed by atoms with van der Waals surface area (Å²) in [5.74, 6) is -0.928. The molecule has 0 aliphatic rings. The molecule has 0 aliphatic carbocycles. The predicted molar refractivity (Wildman–Crippen MR) is 54.9 cm³/mol. The predicted octanol–water partition coefficient (Wildman–Crippen LogP) is 2.26. The molecule has 0 saturated heterocycles. The molecule has 1 N–H and O–H groups in total. The van der Waals surface area contributed by atoms with Crippen LogP contribution in [0, 0.1) is 18.3 Å². The summed E-state index contributed by atoms with van der Waals surface area (Å²) in [4.78, 5) is 10.5. The lowest BCUT2D eigenvalue weighted by molar-refractivity contribution is -0.136. The van der Waals surface area contributed by atoms with Crippen molar-refractivity contribution in [2.75, 3.05) is 0 Å². The van der Waals surface area contributed by atoms with E-state index in [-0.39, 0.29) is 6.42 Å². The van der Waals surface area contributed by atoms with Gasteiger partial charge < -0.3 is 5.11 Å². The van der Waals surface area contributed by atoms with Crippen molar-refractivity contribution in [2.45, 2.75) is 13.3 Å². The van der Waals surface area contributed by atoms with Gasteiger partial charge in [0.2, 0.25) is 0 Å². The monoisotopic (exact) mass is 253 g/mol. The van der Waals surface area contributed by atoms with Crippen molar-refractivity contribution in [1.82, 2.24) is 0 Å². The molecule has 0 atom stereocenters. The highest BCUT2D eigenvalue weighted by Gasteiger charge is 2.08. The Morgan fingerprint density at radius 1 is 1.64 bits per heavy atom. The van der Waals surface area contributed by atoms with Gasteiger partial charge in [0.1, 0.15) is 0 Å². The summed E-state index contributed by atoms with van der Waals surface area (Å²) in [5, 5.41) is 17.4. The minimum absolute atomic E-state index is 0.114. The Bertz CT molecular complexity index is 421.